The van der Waals surface area contributed by atoms with E-state index in [4.69, 9.17) is 0 Å². The van der Waals surface area contributed by atoms with Gasteiger partial charge < -0.3 is 5.32 Å². The van der Waals surface area contributed by atoms with Crippen LogP contribution in [0.4, 0.5) is 0 Å². The monoisotopic (exact) mass is 364 g/mol. The zero-order valence-corrected chi connectivity index (χ0v) is 14.5. The van der Waals surface area contributed by atoms with Crippen molar-refractivity contribution in [2.75, 3.05) is 0 Å². The molecule has 0 spiro atoms. The molecule has 21 heavy (non-hydrogen) atoms. The number of nitrogens with one attached hydrogen (secondary N) is 1. The molecule has 1 N–H and O–H groups in total. The number of rotatable bonds is 4. The van der Waals surface area contributed by atoms with Crippen molar-refractivity contribution in [1.29, 1.82) is 0 Å². The van der Waals surface area contributed by atoms with Gasteiger partial charge in [-0.2, -0.15) is 0 Å². The van der Waals surface area contributed by atoms with Crippen LogP contribution in [0.3, 0.4) is 0 Å². The maximum absolute atomic E-state index is 4.57. The fourth-order valence-electron chi connectivity index (χ4n) is 2.88. The maximum atomic E-state index is 4.57. The molecule has 1 aliphatic carbocycles. The highest BCUT2D eigenvalue weighted by molar-refractivity contribution is 9.10. The Morgan fingerprint density at radius 3 is 2.76 bits per heavy atom. The van der Waals surface area contributed by atoms with Crippen LogP contribution in [0.15, 0.2) is 34.9 Å². The summed E-state index contributed by atoms with van der Waals surface area (Å²) < 4.78 is 1.12. The summed E-state index contributed by atoms with van der Waals surface area (Å²) in [6.45, 7) is 0.906. The molecule has 1 aromatic carbocycles. The minimum Gasteiger partial charge on any atom is -0.308 e. The van der Waals surface area contributed by atoms with E-state index in [1.165, 1.54) is 54.0 Å². The SMILES string of the molecule is Brc1cccc(-c2cnc(CNC3CCCCCC3)s2)c1. The van der Waals surface area contributed by atoms with Crippen LogP contribution in [-0.2, 0) is 6.54 Å². The standard InChI is InChI=1S/C17H21BrN2S/c18-14-7-5-6-13(10-14)16-11-20-17(21-16)12-19-15-8-3-1-2-4-9-15/h5-7,10-11,15,19H,1-4,8-9,12H2. The van der Waals surface area contributed by atoms with Gasteiger partial charge in [0.25, 0.3) is 0 Å². The predicted molar refractivity (Wildman–Crippen MR) is 93.6 cm³/mol. The van der Waals surface area contributed by atoms with Crippen molar-refractivity contribution < 1.29 is 0 Å². The van der Waals surface area contributed by atoms with Gasteiger partial charge >= 0.3 is 0 Å². The highest BCUT2D eigenvalue weighted by atomic mass is 79.9. The smallest absolute Gasteiger partial charge is 0.107 e. The average molecular weight is 365 g/mol. The lowest BCUT2D eigenvalue weighted by Crippen LogP contribution is -2.27. The largest absolute Gasteiger partial charge is 0.308 e. The van der Waals surface area contributed by atoms with Crippen LogP contribution in [0.2, 0.25) is 0 Å². The second kappa shape index (κ2) is 7.52. The molecule has 1 aromatic heterocycles. The van der Waals surface area contributed by atoms with E-state index in [9.17, 15) is 0 Å². The van der Waals surface area contributed by atoms with Gasteiger partial charge in [-0.05, 0) is 30.5 Å². The van der Waals surface area contributed by atoms with Crippen molar-refractivity contribution in [1.82, 2.24) is 10.3 Å². The Morgan fingerprint density at radius 1 is 1.19 bits per heavy atom. The van der Waals surface area contributed by atoms with E-state index < -0.39 is 0 Å². The van der Waals surface area contributed by atoms with E-state index in [0.29, 0.717) is 6.04 Å². The maximum Gasteiger partial charge on any atom is 0.107 e. The topological polar surface area (TPSA) is 24.9 Å². The molecule has 4 heteroatoms. The quantitative estimate of drug-likeness (QED) is 0.736. The first kappa shape index (κ1) is 15.2. The van der Waals surface area contributed by atoms with Crippen LogP contribution in [0, 0.1) is 0 Å². The van der Waals surface area contributed by atoms with Crippen LogP contribution >= 0.6 is 27.3 Å². The van der Waals surface area contributed by atoms with Crippen molar-refractivity contribution in [3.8, 4) is 10.4 Å². The molecule has 0 aliphatic heterocycles. The number of benzene rings is 1. The van der Waals surface area contributed by atoms with Gasteiger partial charge in [0.1, 0.15) is 5.01 Å². The molecule has 1 saturated carbocycles. The summed E-state index contributed by atoms with van der Waals surface area (Å²) >= 11 is 5.32. The first-order valence-electron chi connectivity index (χ1n) is 7.75. The molecule has 3 rings (SSSR count). The Balaban J connectivity index is 1.60. The van der Waals surface area contributed by atoms with Crippen molar-refractivity contribution in [3.63, 3.8) is 0 Å². The number of hydrogen-bond acceptors (Lipinski definition) is 3. The van der Waals surface area contributed by atoms with E-state index in [1.54, 1.807) is 11.3 Å². The summed E-state index contributed by atoms with van der Waals surface area (Å²) in [6, 6.07) is 9.10. The summed E-state index contributed by atoms with van der Waals surface area (Å²) in [5.41, 5.74) is 1.24. The van der Waals surface area contributed by atoms with Crippen LogP contribution < -0.4 is 5.32 Å². The Morgan fingerprint density at radius 2 is 2.00 bits per heavy atom. The van der Waals surface area contributed by atoms with Gasteiger partial charge in [0.15, 0.2) is 0 Å². The third-order valence-electron chi connectivity index (χ3n) is 4.06. The Kier molecular flexibility index (Phi) is 5.44. The molecule has 0 amide bonds. The number of halogens is 1. The number of nitrogens with zero attached hydrogens (tertiary/aromatic N) is 1. The molecular weight excluding hydrogens is 344 g/mol. The van der Waals surface area contributed by atoms with Gasteiger partial charge in [0.2, 0.25) is 0 Å². The molecule has 2 aromatic rings. The molecular formula is C17H21BrN2S. The van der Waals surface area contributed by atoms with Gasteiger partial charge in [-0.15, -0.1) is 11.3 Å². The van der Waals surface area contributed by atoms with Gasteiger partial charge in [-0.1, -0.05) is 53.7 Å². The van der Waals surface area contributed by atoms with Crippen molar-refractivity contribution in [2.45, 2.75) is 51.1 Å². The molecule has 1 aliphatic rings. The number of aromatic nitrogens is 1. The molecule has 112 valence electrons. The van der Waals surface area contributed by atoms with E-state index in [1.807, 2.05) is 6.20 Å². The zero-order valence-electron chi connectivity index (χ0n) is 12.1. The molecule has 2 nitrogen and oxygen atoms in total. The second-order valence-corrected chi connectivity index (χ2v) is 7.73. The summed E-state index contributed by atoms with van der Waals surface area (Å²) in [5, 5.41) is 4.88. The van der Waals surface area contributed by atoms with Gasteiger partial charge in [0.05, 0.1) is 4.88 Å². The Hall–Kier alpha value is -0.710. The summed E-state index contributed by atoms with van der Waals surface area (Å²) in [5.74, 6) is 0. The van der Waals surface area contributed by atoms with E-state index in [0.717, 1.165) is 11.0 Å². The fourth-order valence-corrected chi connectivity index (χ4v) is 4.15. The third kappa shape index (κ3) is 4.38. The molecule has 0 saturated heterocycles. The van der Waals surface area contributed by atoms with Crippen LogP contribution in [0.25, 0.3) is 10.4 Å². The Labute approximate surface area is 139 Å². The minimum atomic E-state index is 0.686. The normalized spacial score (nSPS) is 16.8. The van der Waals surface area contributed by atoms with E-state index >= 15 is 0 Å². The lowest BCUT2D eigenvalue weighted by molar-refractivity contribution is 0.458. The average Bonchev–Trinajstić information content (AvgIpc) is 2.81. The van der Waals surface area contributed by atoms with Crippen LogP contribution in [0.5, 0.6) is 0 Å². The fraction of sp³-hybridized carbons (Fsp3) is 0.471. The summed E-state index contributed by atoms with van der Waals surface area (Å²) in [7, 11) is 0. The number of hydrogen-bond donors (Lipinski definition) is 1. The highest BCUT2D eigenvalue weighted by Gasteiger charge is 2.12. The van der Waals surface area contributed by atoms with Crippen molar-refractivity contribution in [2.24, 2.45) is 0 Å². The van der Waals surface area contributed by atoms with Crippen molar-refractivity contribution >= 4 is 27.3 Å². The Bertz CT molecular complexity index is 574. The molecule has 1 fully saturated rings. The van der Waals surface area contributed by atoms with Crippen molar-refractivity contribution in [3.05, 3.63) is 39.9 Å². The van der Waals surface area contributed by atoms with Gasteiger partial charge in [0, 0.05) is 23.3 Å². The summed E-state index contributed by atoms with van der Waals surface area (Å²) in [6.07, 6.45) is 10.2. The molecule has 1 heterocycles. The first-order valence-corrected chi connectivity index (χ1v) is 9.36. The molecule has 0 atom stereocenters. The second-order valence-electron chi connectivity index (χ2n) is 5.70. The first-order chi connectivity index (χ1) is 10.3. The molecule has 0 unspecified atom stereocenters. The van der Waals surface area contributed by atoms with Gasteiger partial charge in [-0.25, -0.2) is 4.98 Å². The number of thiazole rings is 1. The lowest BCUT2D eigenvalue weighted by atomic mass is 10.1. The van der Waals surface area contributed by atoms with Gasteiger partial charge in [-0.3, -0.25) is 0 Å². The van der Waals surface area contributed by atoms with Crippen LogP contribution in [-0.4, -0.2) is 11.0 Å². The highest BCUT2D eigenvalue weighted by Crippen LogP contribution is 2.28. The van der Waals surface area contributed by atoms with E-state index in [-0.39, 0.29) is 0 Å². The lowest BCUT2D eigenvalue weighted by Gasteiger charge is -2.14. The molecule has 0 radical (unpaired) electrons. The predicted octanol–water partition coefficient (Wildman–Crippen LogP) is 5.39. The zero-order chi connectivity index (χ0) is 14.5. The van der Waals surface area contributed by atoms with E-state index in [2.05, 4.69) is 50.5 Å². The molecule has 0 bridgehead atoms. The summed E-state index contributed by atoms with van der Waals surface area (Å²) in [4.78, 5) is 5.82. The minimum absolute atomic E-state index is 0.686. The third-order valence-corrected chi connectivity index (χ3v) is 5.60. The van der Waals surface area contributed by atoms with Crippen LogP contribution in [0.1, 0.15) is 43.5 Å².